The lowest BCUT2D eigenvalue weighted by molar-refractivity contribution is 0.478. The maximum atomic E-state index is 9.08. The summed E-state index contributed by atoms with van der Waals surface area (Å²) in [5.41, 5.74) is 7.07. The van der Waals surface area contributed by atoms with Crippen LogP contribution in [0.1, 0.15) is 5.56 Å². The van der Waals surface area contributed by atoms with Gasteiger partial charge in [-0.05, 0) is 24.1 Å². The first kappa shape index (κ1) is 8.40. The van der Waals surface area contributed by atoms with Crippen molar-refractivity contribution < 1.29 is 5.11 Å². The minimum Gasteiger partial charge on any atom is -0.506 e. The molecule has 0 spiro atoms. The van der Waals surface area contributed by atoms with Crippen molar-refractivity contribution in [1.29, 1.82) is 0 Å². The molecule has 60 valence electrons. The first-order valence-corrected chi connectivity index (χ1v) is 4.49. The molecule has 3 N–H and O–H groups in total. The molecule has 0 radical (unpaired) electrons. The zero-order valence-electron chi connectivity index (χ0n) is 6.05. The van der Waals surface area contributed by atoms with Crippen LogP contribution in [0.3, 0.4) is 0 Å². The SMILES string of the molecule is Nc1cc(CCBr)ccc1O. The van der Waals surface area contributed by atoms with Crippen molar-refractivity contribution >= 4 is 21.6 Å². The summed E-state index contributed by atoms with van der Waals surface area (Å²) >= 11 is 3.33. The molecule has 0 bridgehead atoms. The number of nitrogen functional groups attached to an aromatic ring is 1. The van der Waals surface area contributed by atoms with E-state index in [2.05, 4.69) is 15.9 Å². The van der Waals surface area contributed by atoms with Gasteiger partial charge in [0.25, 0.3) is 0 Å². The van der Waals surface area contributed by atoms with Crippen LogP contribution in [0.15, 0.2) is 18.2 Å². The molecule has 3 heteroatoms. The van der Waals surface area contributed by atoms with Gasteiger partial charge in [-0.1, -0.05) is 22.0 Å². The Balaban J connectivity index is 2.86. The normalized spacial score (nSPS) is 9.91. The third-order valence-corrected chi connectivity index (χ3v) is 1.87. The minimum atomic E-state index is 0.156. The summed E-state index contributed by atoms with van der Waals surface area (Å²) in [7, 11) is 0. The average Bonchev–Trinajstić information content (AvgIpc) is 1.98. The van der Waals surface area contributed by atoms with Gasteiger partial charge in [0.1, 0.15) is 5.75 Å². The molecule has 1 aromatic carbocycles. The van der Waals surface area contributed by atoms with Crippen molar-refractivity contribution in [2.45, 2.75) is 6.42 Å². The summed E-state index contributed by atoms with van der Waals surface area (Å²) in [5.74, 6) is 0.156. The molecule has 0 saturated carbocycles. The molecule has 1 aromatic rings. The lowest BCUT2D eigenvalue weighted by atomic mass is 10.1. The van der Waals surface area contributed by atoms with Crippen LogP contribution in [0.2, 0.25) is 0 Å². The first-order chi connectivity index (χ1) is 5.24. The number of rotatable bonds is 2. The van der Waals surface area contributed by atoms with Crippen molar-refractivity contribution in [3.8, 4) is 5.75 Å². The van der Waals surface area contributed by atoms with Crippen LogP contribution in [0.4, 0.5) is 5.69 Å². The monoisotopic (exact) mass is 215 g/mol. The first-order valence-electron chi connectivity index (χ1n) is 3.37. The van der Waals surface area contributed by atoms with Crippen LogP contribution in [-0.2, 0) is 6.42 Å². The van der Waals surface area contributed by atoms with Gasteiger partial charge in [0.15, 0.2) is 0 Å². The van der Waals surface area contributed by atoms with Crippen LogP contribution >= 0.6 is 15.9 Å². The Morgan fingerprint density at radius 2 is 2.18 bits per heavy atom. The highest BCUT2D eigenvalue weighted by Crippen LogP contribution is 2.20. The Morgan fingerprint density at radius 1 is 1.45 bits per heavy atom. The van der Waals surface area contributed by atoms with Gasteiger partial charge in [0.05, 0.1) is 5.69 Å². The predicted molar refractivity (Wildman–Crippen MR) is 50.0 cm³/mol. The van der Waals surface area contributed by atoms with E-state index in [4.69, 9.17) is 10.8 Å². The van der Waals surface area contributed by atoms with E-state index >= 15 is 0 Å². The van der Waals surface area contributed by atoms with E-state index in [1.165, 1.54) is 0 Å². The van der Waals surface area contributed by atoms with Crippen molar-refractivity contribution in [3.63, 3.8) is 0 Å². The standard InChI is InChI=1S/C8H10BrNO/c9-4-3-6-1-2-8(11)7(10)5-6/h1-2,5,11H,3-4,10H2. The Kier molecular flexibility index (Phi) is 2.76. The highest BCUT2D eigenvalue weighted by molar-refractivity contribution is 9.09. The summed E-state index contributed by atoms with van der Waals surface area (Å²) < 4.78 is 0. The number of hydrogen-bond donors (Lipinski definition) is 2. The lowest BCUT2D eigenvalue weighted by Gasteiger charge is -2.01. The highest BCUT2D eigenvalue weighted by atomic mass is 79.9. The van der Waals surface area contributed by atoms with Crippen LogP contribution in [0.25, 0.3) is 0 Å². The summed E-state index contributed by atoms with van der Waals surface area (Å²) in [5, 5.41) is 9.99. The molecular weight excluding hydrogens is 206 g/mol. The van der Waals surface area contributed by atoms with Gasteiger partial charge in [-0.2, -0.15) is 0 Å². The highest BCUT2D eigenvalue weighted by Gasteiger charge is 1.97. The maximum absolute atomic E-state index is 9.08. The van der Waals surface area contributed by atoms with Crippen LogP contribution in [0.5, 0.6) is 5.75 Å². The van der Waals surface area contributed by atoms with Crippen molar-refractivity contribution in [2.75, 3.05) is 11.1 Å². The molecule has 11 heavy (non-hydrogen) atoms. The van der Waals surface area contributed by atoms with E-state index in [0.29, 0.717) is 5.69 Å². The van der Waals surface area contributed by atoms with E-state index in [9.17, 15) is 0 Å². The van der Waals surface area contributed by atoms with Gasteiger partial charge >= 0.3 is 0 Å². The van der Waals surface area contributed by atoms with Crippen molar-refractivity contribution in [2.24, 2.45) is 0 Å². The summed E-state index contributed by atoms with van der Waals surface area (Å²) in [6.07, 6.45) is 0.935. The second-order valence-electron chi connectivity index (χ2n) is 2.33. The minimum absolute atomic E-state index is 0.156. The van der Waals surface area contributed by atoms with Gasteiger partial charge in [-0.15, -0.1) is 0 Å². The topological polar surface area (TPSA) is 46.2 Å². The molecule has 0 heterocycles. The van der Waals surface area contributed by atoms with E-state index in [-0.39, 0.29) is 5.75 Å². The quantitative estimate of drug-likeness (QED) is 0.450. The molecule has 0 aliphatic heterocycles. The smallest absolute Gasteiger partial charge is 0.138 e. The molecule has 0 aromatic heterocycles. The third kappa shape index (κ3) is 2.12. The summed E-state index contributed by atoms with van der Waals surface area (Å²) in [6.45, 7) is 0. The fourth-order valence-electron chi connectivity index (χ4n) is 0.869. The average molecular weight is 216 g/mol. The fourth-order valence-corrected chi connectivity index (χ4v) is 1.33. The molecule has 0 unspecified atom stereocenters. The summed E-state index contributed by atoms with van der Waals surface area (Å²) in [6, 6.07) is 5.27. The second-order valence-corrected chi connectivity index (χ2v) is 3.13. The second kappa shape index (κ2) is 3.62. The molecule has 0 saturated heterocycles. The molecule has 2 nitrogen and oxygen atoms in total. The zero-order valence-corrected chi connectivity index (χ0v) is 7.63. The number of aryl methyl sites for hydroxylation is 1. The van der Waals surface area contributed by atoms with E-state index in [0.717, 1.165) is 17.3 Å². The molecule has 0 fully saturated rings. The summed E-state index contributed by atoms with van der Waals surface area (Å²) in [4.78, 5) is 0. The van der Waals surface area contributed by atoms with Gasteiger partial charge in [0, 0.05) is 5.33 Å². The largest absolute Gasteiger partial charge is 0.506 e. The Bertz CT molecular complexity index is 250. The molecule has 0 aliphatic rings. The van der Waals surface area contributed by atoms with Crippen LogP contribution < -0.4 is 5.73 Å². The van der Waals surface area contributed by atoms with Gasteiger partial charge in [-0.25, -0.2) is 0 Å². The van der Waals surface area contributed by atoms with Crippen molar-refractivity contribution in [3.05, 3.63) is 23.8 Å². The number of anilines is 1. The number of benzene rings is 1. The number of halogens is 1. The molecule has 0 amide bonds. The van der Waals surface area contributed by atoms with E-state index in [1.807, 2.05) is 6.07 Å². The van der Waals surface area contributed by atoms with Gasteiger partial charge in [0.2, 0.25) is 0 Å². The number of aromatic hydroxyl groups is 1. The van der Waals surface area contributed by atoms with Gasteiger partial charge < -0.3 is 10.8 Å². The van der Waals surface area contributed by atoms with Gasteiger partial charge in [-0.3, -0.25) is 0 Å². The number of phenolic OH excluding ortho intramolecular Hbond substituents is 1. The molecule has 0 aliphatic carbocycles. The molecular formula is C8H10BrNO. The van der Waals surface area contributed by atoms with Crippen LogP contribution in [-0.4, -0.2) is 10.4 Å². The van der Waals surface area contributed by atoms with Crippen LogP contribution in [0, 0.1) is 0 Å². The number of hydrogen-bond acceptors (Lipinski definition) is 2. The predicted octanol–water partition coefficient (Wildman–Crippen LogP) is 1.91. The lowest BCUT2D eigenvalue weighted by Crippen LogP contribution is -1.90. The number of nitrogens with two attached hydrogens (primary N) is 1. The maximum Gasteiger partial charge on any atom is 0.138 e. The van der Waals surface area contributed by atoms with E-state index in [1.54, 1.807) is 12.1 Å². The Hall–Kier alpha value is -0.700. The molecule has 0 atom stereocenters. The van der Waals surface area contributed by atoms with E-state index < -0.39 is 0 Å². The van der Waals surface area contributed by atoms with Crippen molar-refractivity contribution in [1.82, 2.24) is 0 Å². The number of phenols is 1. The fraction of sp³-hybridized carbons (Fsp3) is 0.250. The molecule has 1 rings (SSSR count). The number of alkyl halides is 1. The Morgan fingerprint density at radius 3 is 2.73 bits per heavy atom. The zero-order chi connectivity index (χ0) is 8.27. The third-order valence-electron chi connectivity index (χ3n) is 1.48. The Labute approximate surface area is 74.2 Å².